The number of rotatable bonds is 7. The predicted octanol–water partition coefficient (Wildman–Crippen LogP) is 4.17. The molecule has 0 spiro atoms. The van der Waals surface area contributed by atoms with Gasteiger partial charge in [-0.1, -0.05) is 48.0 Å². The van der Waals surface area contributed by atoms with E-state index >= 15 is 0 Å². The molecule has 1 heterocycles. The van der Waals surface area contributed by atoms with Gasteiger partial charge in [-0.3, -0.25) is 4.90 Å². The van der Waals surface area contributed by atoms with Gasteiger partial charge in [0, 0.05) is 29.2 Å². The standard InChI is InChI=1S/C17H23BrN2O/c1-13(2)19-10-17-15(8-9-21-17)12-20(3)11-14-6-4-5-7-16(14)18/h4-9,13,19H,10-12H2,1-3H3. The molecule has 0 fully saturated rings. The topological polar surface area (TPSA) is 28.4 Å². The fraction of sp³-hybridized carbons (Fsp3) is 0.412. The van der Waals surface area contributed by atoms with Crippen LogP contribution in [0.2, 0.25) is 0 Å². The minimum Gasteiger partial charge on any atom is -0.468 e. The van der Waals surface area contributed by atoms with Crippen molar-refractivity contribution in [1.29, 1.82) is 0 Å². The van der Waals surface area contributed by atoms with Crippen molar-refractivity contribution in [2.75, 3.05) is 7.05 Å². The zero-order valence-electron chi connectivity index (χ0n) is 12.9. The summed E-state index contributed by atoms with van der Waals surface area (Å²) >= 11 is 3.60. The van der Waals surface area contributed by atoms with Crippen molar-refractivity contribution in [1.82, 2.24) is 10.2 Å². The lowest BCUT2D eigenvalue weighted by Gasteiger charge is -2.18. The van der Waals surface area contributed by atoms with Crippen LogP contribution in [0.1, 0.15) is 30.7 Å². The van der Waals surface area contributed by atoms with Crippen molar-refractivity contribution >= 4 is 15.9 Å². The second-order valence-corrected chi connectivity index (χ2v) is 6.52. The summed E-state index contributed by atoms with van der Waals surface area (Å²) in [6.45, 7) is 6.85. The molecule has 0 saturated carbocycles. The molecule has 0 aliphatic rings. The van der Waals surface area contributed by atoms with E-state index in [1.807, 2.05) is 6.07 Å². The summed E-state index contributed by atoms with van der Waals surface area (Å²) in [5.74, 6) is 1.03. The largest absolute Gasteiger partial charge is 0.468 e. The number of nitrogens with zero attached hydrogens (tertiary/aromatic N) is 1. The molecule has 1 aromatic heterocycles. The van der Waals surface area contributed by atoms with Crippen molar-refractivity contribution in [3.8, 4) is 0 Å². The molecular weight excluding hydrogens is 328 g/mol. The molecule has 114 valence electrons. The first-order chi connectivity index (χ1) is 10.1. The van der Waals surface area contributed by atoms with E-state index in [1.54, 1.807) is 6.26 Å². The average Bonchev–Trinajstić information content (AvgIpc) is 2.86. The summed E-state index contributed by atoms with van der Waals surface area (Å²) in [6.07, 6.45) is 1.78. The first kappa shape index (κ1) is 16.3. The second-order valence-electron chi connectivity index (χ2n) is 5.67. The lowest BCUT2D eigenvalue weighted by atomic mass is 10.2. The number of benzene rings is 1. The first-order valence-corrected chi connectivity index (χ1v) is 8.06. The van der Waals surface area contributed by atoms with E-state index in [2.05, 4.69) is 71.3 Å². The Morgan fingerprint density at radius 2 is 1.86 bits per heavy atom. The number of hydrogen-bond donors (Lipinski definition) is 1. The van der Waals surface area contributed by atoms with Gasteiger partial charge in [0.05, 0.1) is 12.8 Å². The molecule has 0 aliphatic carbocycles. The summed E-state index contributed by atoms with van der Waals surface area (Å²) in [7, 11) is 2.13. The van der Waals surface area contributed by atoms with E-state index in [4.69, 9.17) is 4.42 Å². The third kappa shape index (κ3) is 4.99. The van der Waals surface area contributed by atoms with E-state index in [-0.39, 0.29) is 0 Å². The highest BCUT2D eigenvalue weighted by molar-refractivity contribution is 9.10. The Kier molecular flexibility index (Phi) is 6.03. The van der Waals surface area contributed by atoms with E-state index in [0.29, 0.717) is 6.04 Å². The van der Waals surface area contributed by atoms with Crippen LogP contribution in [0, 0.1) is 0 Å². The van der Waals surface area contributed by atoms with Crippen LogP contribution in [0.25, 0.3) is 0 Å². The van der Waals surface area contributed by atoms with Gasteiger partial charge in [-0.2, -0.15) is 0 Å². The predicted molar refractivity (Wildman–Crippen MR) is 90.0 cm³/mol. The Labute approximate surface area is 135 Å². The van der Waals surface area contributed by atoms with Crippen molar-refractivity contribution in [3.05, 3.63) is 58.0 Å². The molecule has 2 aromatic rings. The summed E-state index contributed by atoms with van der Waals surface area (Å²) in [5.41, 5.74) is 2.54. The molecule has 1 aromatic carbocycles. The van der Waals surface area contributed by atoms with E-state index < -0.39 is 0 Å². The minimum absolute atomic E-state index is 0.459. The highest BCUT2D eigenvalue weighted by atomic mass is 79.9. The van der Waals surface area contributed by atoms with Gasteiger partial charge >= 0.3 is 0 Å². The zero-order chi connectivity index (χ0) is 15.2. The summed E-state index contributed by atoms with van der Waals surface area (Å²) < 4.78 is 6.75. The molecule has 21 heavy (non-hydrogen) atoms. The first-order valence-electron chi connectivity index (χ1n) is 7.27. The fourth-order valence-electron chi connectivity index (χ4n) is 2.22. The third-order valence-corrected chi connectivity index (χ3v) is 4.12. The fourth-order valence-corrected chi connectivity index (χ4v) is 2.63. The van der Waals surface area contributed by atoms with Crippen LogP contribution in [0.5, 0.6) is 0 Å². The molecule has 1 N–H and O–H groups in total. The molecule has 0 saturated heterocycles. The third-order valence-electron chi connectivity index (χ3n) is 3.35. The number of hydrogen-bond acceptors (Lipinski definition) is 3. The summed E-state index contributed by atoms with van der Waals surface area (Å²) in [5, 5.41) is 3.40. The Morgan fingerprint density at radius 1 is 1.14 bits per heavy atom. The maximum atomic E-state index is 5.59. The average molecular weight is 351 g/mol. The maximum Gasteiger partial charge on any atom is 0.122 e. The van der Waals surface area contributed by atoms with Crippen LogP contribution in [0.15, 0.2) is 45.5 Å². The molecule has 0 amide bonds. The molecule has 3 nitrogen and oxygen atoms in total. The SMILES string of the molecule is CC(C)NCc1occc1CN(C)Cc1ccccc1Br. The van der Waals surface area contributed by atoms with Crippen LogP contribution < -0.4 is 5.32 Å². The van der Waals surface area contributed by atoms with E-state index in [9.17, 15) is 0 Å². The van der Waals surface area contributed by atoms with Crippen LogP contribution in [-0.4, -0.2) is 18.0 Å². The van der Waals surface area contributed by atoms with Gasteiger partial charge in [0.1, 0.15) is 5.76 Å². The Balaban J connectivity index is 1.95. The van der Waals surface area contributed by atoms with Crippen LogP contribution >= 0.6 is 15.9 Å². The minimum atomic E-state index is 0.459. The van der Waals surface area contributed by atoms with Gasteiger partial charge in [-0.05, 0) is 24.7 Å². The van der Waals surface area contributed by atoms with Gasteiger partial charge in [0.2, 0.25) is 0 Å². The highest BCUT2D eigenvalue weighted by Crippen LogP contribution is 2.19. The Hall–Kier alpha value is -1.10. The molecular formula is C17H23BrN2O. The van der Waals surface area contributed by atoms with Crippen LogP contribution in [0.4, 0.5) is 0 Å². The molecule has 0 atom stereocenters. The monoisotopic (exact) mass is 350 g/mol. The molecule has 0 unspecified atom stereocenters. The molecule has 2 rings (SSSR count). The van der Waals surface area contributed by atoms with E-state index in [0.717, 1.165) is 29.9 Å². The lowest BCUT2D eigenvalue weighted by Crippen LogP contribution is -2.23. The smallest absolute Gasteiger partial charge is 0.122 e. The highest BCUT2D eigenvalue weighted by Gasteiger charge is 2.10. The van der Waals surface area contributed by atoms with Crippen LogP contribution in [-0.2, 0) is 19.6 Å². The van der Waals surface area contributed by atoms with Gasteiger partial charge in [-0.15, -0.1) is 0 Å². The Morgan fingerprint density at radius 3 is 2.57 bits per heavy atom. The van der Waals surface area contributed by atoms with Gasteiger partial charge in [0.25, 0.3) is 0 Å². The molecule has 0 aliphatic heterocycles. The van der Waals surface area contributed by atoms with Crippen molar-refractivity contribution < 1.29 is 4.42 Å². The zero-order valence-corrected chi connectivity index (χ0v) is 14.5. The van der Waals surface area contributed by atoms with Crippen molar-refractivity contribution in [2.45, 2.75) is 39.5 Å². The van der Waals surface area contributed by atoms with Gasteiger partial charge < -0.3 is 9.73 Å². The van der Waals surface area contributed by atoms with Gasteiger partial charge in [-0.25, -0.2) is 0 Å². The molecule has 0 bridgehead atoms. The van der Waals surface area contributed by atoms with Gasteiger partial charge in [0.15, 0.2) is 0 Å². The van der Waals surface area contributed by atoms with Crippen molar-refractivity contribution in [2.24, 2.45) is 0 Å². The summed E-state index contributed by atoms with van der Waals surface area (Å²) in [6, 6.07) is 10.9. The number of nitrogens with one attached hydrogen (secondary N) is 1. The quantitative estimate of drug-likeness (QED) is 0.812. The van der Waals surface area contributed by atoms with E-state index in [1.165, 1.54) is 11.1 Å². The summed E-state index contributed by atoms with van der Waals surface area (Å²) in [4.78, 5) is 2.30. The molecule has 0 radical (unpaired) electrons. The normalized spacial score (nSPS) is 11.5. The number of furan rings is 1. The lowest BCUT2D eigenvalue weighted by molar-refractivity contribution is 0.314. The van der Waals surface area contributed by atoms with Crippen LogP contribution in [0.3, 0.4) is 0 Å². The molecule has 4 heteroatoms. The maximum absolute atomic E-state index is 5.59. The second kappa shape index (κ2) is 7.78. The Bertz CT molecular complexity index is 565. The number of halogens is 1. The van der Waals surface area contributed by atoms with Crippen molar-refractivity contribution in [3.63, 3.8) is 0 Å².